The standard InChI is InChI=1S/C10H6Br2Cl2S2/c1-4-3-15-9(7(4)13)8(14)6-2-5(11)10(12)16-6/h2-3,8H,1H3. The molecule has 0 aliphatic carbocycles. The van der Waals surface area contributed by atoms with Crippen LogP contribution in [0.3, 0.4) is 0 Å². The van der Waals surface area contributed by atoms with E-state index in [-0.39, 0.29) is 5.38 Å². The summed E-state index contributed by atoms with van der Waals surface area (Å²) in [6, 6.07) is 2.03. The van der Waals surface area contributed by atoms with Crippen LogP contribution in [0, 0.1) is 6.92 Å². The van der Waals surface area contributed by atoms with Gasteiger partial charge in [0.15, 0.2) is 0 Å². The van der Waals surface area contributed by atoms with Gasteiger partial charge in [-0.25, -0.2) is 0 Å². The lowest BCUT2D eigenvalue weighted by Gasteiger charge is -2.05. The van der Waals surface area contributed by atoms with Crippen LogP contribution in [0.2, 0.25) is 5.02 Å². The van der Waals surface area contributed by atoms with Crippen molar-refractivity contribution in [1.29, 1.82) is 0 Å². The fourth-order valence-corrected chi connectivity index (χ4v) is 5.20. The topological polar surface area (TPSA) is 0 Å². The van der Waals surface area contributed by atoms with Crippen molar-refractivity contribution in [3.05, 3.63) is 40.0 Å². The minimum Gasteiger partial charge on any atom is -0.145 e. The Labute approximate surface area is 129 Å². The average molecular weight is 421 g/mol. The quantitative estimate of drug-likeness (QED) is 0.478. The first kappa shape index (κ1) is 13.4. The third-order valence-corrected chi connectivity index (χ3v) is 7.88. The van der Waals surface area contributed by atoms with Gasteiger partial charge in [-0.15, -0.1) is 34.3 Å². The van der Waals surface area contributed by atoms with E-state index in [0.29, 0.717) is 0 Å². The molecule has 6 heteroatoms. The van der Waals surface area contributed by atoms with Gasteiger partial charge in [0, 0.05) is 14.2 Å². The van der Waals surface area contributed by atoms with Gasteiger partial charge in [-0.1, -0.05) is 11.6 Å². The first-order valence-corrected chi connectivity index (χ1v) is 8.42. The van der Waals surface area contributed by atoms with Crippen LogP contribution >= 0.6 is 77.7 Å². The Balaban J connectivity index is 2.38. The summed E-state index contributed by atoms with van der Waals surface area (Å²) in [5.74, 6) is 0. The third-order valence-electron chi connectivity index (χ3n) is 2.07. The van der Waals surface area contributed by atoms with Crippen LogP contribution in [0.25, 0.3) is 0 Å². The summed E-state index contributed by atoms with van der Waals surface area (Å²) < 4.78 is 2.08. The second kappa shape index (κ2) is 5.29. The largest absolute Gasteiger partial charge is 0.145 e. The molecule has 0 amide bonds. The lowest BCUT2D eigenvalue weighted by Crippen LogP contribution is -1.86. The normalized spacial score (nSPS) is 13.1. The number of alkyl halides is 1. The molecule has 0 aromatic carbocycles. The van der Waals surface area contributed by atoms with Crippen molar-refractivity contribution in [2.45, 2.75) is 12.3 Å². The molecule has 86 valence electrons. The second-order valence-corrected chi connectivity index (χ2v) is 8.21. The Morgan fingerprint density at radius 3 is 2.50 bits per heavy atom. The van der Waals surface area contributed by atoms with Crippen LogP contribution in [0.1, 0.15) is 20.7 Å². The molecular formula is C10H6Br2Cl2S2. The summed E-state index contributed by atoms with van der Waals surface area (Å²) in [5, 5.41) is 2.65. The number of hydrogen-bond donors (Lipinski definition) is 0. The van der Waals surface area contributed by atoms with Gasteiger partial charge in [-0.2, -0.15) is 0 Å². The van der Waals surface area contributed by atoms with Crippen molar-refractivity contribution in [2.24, 2.45) is 0 Å². The monoisotopic (exact) mass is 418 g/mol. The maximum atomic E-state index is 6.43. The molecule has 2 aromatic rings. The predicted octanol–water partition coefficient (Wildman–Crippen LogP) is 6.62. The van der Waals surface area contributed by atoms with Gasteiger partial charge in [0.25, 0.3) is 0 Å². The third kappa shape index (κ3) is 2.52. The summed E-state index contributed by atoms with van der Waals surface area (Å²) >= 11 is 22.8. The van der Waals surface area contributed by atoms with Crippen molar-refractivity contribution >= 4 is 77.7 Å². The Hall–Kier alpha value is 0.940. The zero-order chi connectivity index (χ0) is 11.9. The zero-order valence-electron chi connectivity index (χ0n) is 8.06. The average Bonchev–Trinajstić information content (AvgIpc) is 2.73. The Kier molecular flexibility index (Phi) is 4.42. The molecule has 0 N–H and O–H groups in total. The Morgan fingerprint density at radius 1 is 1.38 bits per heavy atom. The van der Waals surface area contributed by atoms with Gasteiger partial charge in [-0.05, 0) is 55.8 Å². The zero-order valence-corrected chi connectivity index (χ0v) is 14.4. The molecule has 0 saturated carbocycles. The van der Waals surface area contributed by atoms with E-state index in [1.807, 2.05) is 18.4 Å². The van der Waals surface area contributed by atoms with Crippen LogP contribution < -0.4 is 0 Å². The predicted molar refractivity (Wildman–Crippen MR) is 81.5 cm³/mol. The lowest BCUT2D eigenvalue weighted by molar-refractivity contribution is 1.23. The molecule has 0 aliphatic rings. The Bertz CT molecular complexity index is 499. The molecule has 0 spiro atoms. The van der Waals surface area contributed by atoms with E-state index in [9.17, 15) is 0 Å². The van der Waals surface area contributed by atoms with Gasteiger partial charge in [-0.3, -0.25) is 0 Å². The van der Waals surface area contributed by atoms with Crippen molar-refractivity contribution < 1.29 is 0 Å². The molecule has 16 heavy (non-hydrogen) atoms. The van der Waals surface area contributed by atoms with E-state index in [1.165, 1.54) is 0 Å². The fraction of sp³-hybridized carbons (Fsp3) is 0.200. The van der Waals surface area contributed by atoms with E-state index in [1.54, 1.807) is 22.7 Å². The van der Waals surface area contributed by atoms with Crippen LogP contribution in [0.5, 0.6) is 0 Å². The molecule has 0 fully saturated rings. The molecule has 1 unspecified atom stereocenters. The van der Waals surface area contributed by atoms with Crippen molar-refractivity contribution in [2.75, 3.05) is 0 Å². The van der Waals surface area contributed by atoms with Crippen LogP contribution in [0.4, 0.5) is 0 Å². The fourth-order valence-electron chi connectivity index (χ4n) is 1.24. The highest BCUT2D eigenvalue weighted by Gasteiger charge is 2.20. The van der Waals surface area contributed by atoms with E-state index >= 15 is 0 Å². The number of aryl methyl sites for hydroxylation is 1. The molecule has 1 atom stereocenters. The SMILES string of the molecule is Cc1csc(C(Cl)c2cc(Br)c(Br)s2)c1Cl. The second-order valence-electron chi connectivity index (χ2n) is 3.23. The smallest absolute Gasteiger partial charge is 0.103 e. The molecule has 2 aromatic heterocycles. The van der Waals surface area contributed by atoms with E-state index in [0.717, 1.165) is 28.6 Å². The number of hydrogen-bond acceptors (Lipinski definition) is 2. The summed E-state index contributed by atoms with van der Waals surface area (Å²) in [5.41, 5.74) is 1.09. The van der Waals surface area contributed by atoms with Crippen molar-refractivity contribution in [3.63, 3.8) is 0 Å². The van der Waals surface area contributed by atoms with Crippen molar-refractivity contribution in [3.8, 4) is 0 Å². The maximum absolute atomic E-state index is 6.43. The van der Waals surface area contributed by atoms with Crippen LogP contribution in [0.15, 0.2) is 19.7 Å². The highest BCUT2D eigenvalue weighted by molar-refractivity contribution is 9.13. The molecule has 2 rings (SSSR count). The number of halogens is 4. The number of rotatable bonds is 2. The highest BCUT2D eigenvalue weighted by atomic mass is 79.9. The summed E-state index contributed by atoms with van der Waals surface area (Å²) in [6.45, 7) is 1.99. The summed E-state index contributed by atoms with van der Waals surface area (Å²) in [6.07, 6.45) is 0. The van der Waals surface area contributed by atoms with Gasteiger partial charge in [0.1, 0.15) is 5.38 Å². The minimum absolute atomic E-state index is 0.168. The molecule has 0 aliphatic heterocycles. The first-order valence-electron chi connectivity index (χ1n) is 4.33. The maximum Gasteiger partial charge on any atom is 0.103 e. The first-order chi connectivity index (χ1) is 7.50. The highest BCUT2D eigenvalue weighted by Crippen LogP contribution is 2.44. The van der Waals surface area contributed by atoms with Gasteiger partial charge >= 0.3 is 0 Å². The van der Waals surface area contributed by atoms with Crippen LogP contribution in [-0.4, -0.2) is 0 Å². The van der Waals surface area contributed by atoms with Gasteiger partial charge in [0.2, 0.25) is 0 Å². The van der Waals surface area contributed by atoms with Gasteiger partial charge < -0.3 is 0 Å². The molecule has 0 radical (unpaired) electrons. The Morgan fingerprint density at radius 2 is 2.06 bits per heavy atom. The minimum atomic E-state index is -0.168. The molecular weight excluding hydrogens is 415 g/mol. The van der Waals surface area contributed by atoms with E-state index in [4.69, 9.17) is 23.2 Å². The van der Waals surface area contributed by atoms with Crippen molar-refractivity contribution in [1.82, 2.24) is 0 Å². The molecule has 0 saturated heterocycles. The summed E-state index contributed by atoms with van der Waals surface area (Å²) in [4.78, 5) is 2.10. The molecule has 2 heterocycles. The van der Waals surface area contributed by atoms with Gasteiger partial charge in [0.05, 0.1) is 8.81 Å². The van der Waals surface area contributed by atoms with E-state index in [2.05, 4.69) is 31.9 Å². The summed E-state index contributed by atoms with van der Waals surface area (Å²) in [7, 11) is 0. The van der Waals surface area contributed by atoms with Crippen LogP contribution in [-0.2, 0) is 0 Å². The molecule has 0 bridgehead atoms. The number of thiophene rings is 2. The lowest BCUT2D eigenvalue weighted by atomic mass is 10.2. The molecule has 0 nitrogen and oxygen atoms in total. The van der Waals surface area contributed by atoms with E-state index < -0.39 is 0 Å².